The van der Waals surface area contributed by atoms with Crippen molar-refractivity contribution in [3.63, 3.8) is 0 Å². The molecule has 5 nitrogen and oxygen atoms in total. The number of halogens is 1. The van der Waals surface area contributed by atoms with Crippen molar-refractivity contribution < 1.29 is 18.3 Å². The van der Waals surface area contributed by atoms with Crippen LogP contribution in [0.15, 0.2) is 14.7 Å². The number of nitrogens with zero attached hydrogens (tertiary/aromatic N) is 1. The minimum absolute atomic E-state index is 0.0681. The molecule has 18 heavy (non-hydrogen) atoms. The number of rotatable bonds is 7. The van der Waals surface area contributed by atoms with Crippen LogP contribution in [0.5, 0.6) is 0 Å². The second kappa shape index (κ2) is 6.97. The van der Waals surface area contributed by atoms with E-state index in [1.807, 2.05) is 0 Å². The molecule has 0 bridgehead atoms. The molecule has 0 spiro atoms. The first-order chi connectivity index (χ1) is 8.43. The molecule has 0 amide bonds. The molecule has 8 heteroatoms. The summed E-state index contributed by atoms with van der Waals surface area (Å²) in [7, 11) is -2.06. The first-order valence-corrected chi connectivity index (χ1v) is 8.34. The summed E-state index contributed by atoms with van der Waals surface area (Å²) < 4.78 is 31.7. The van der Waals surface area contributed by atoms with Gasteiger partial charge < -0.3 is 9.84 Å². The Hall–Kier alpha value is 0.01000. The Morgan fingerprint density at radius 2 is 2.17 bits per heavy atom. The van der Waals surface area contributed by atoms with Crippen LogP contribution in [0.2, 0.25) is 0 Å². The molecule has 0 aliphatic rings. The van der Waals surface area contributed by atoms with E-state index >= 15 is 0 Å². The van der Waals surface area contributed by atoms with Gasteiger partial charge in [-0.05, 0) is 28.9 Å². The van der Waals surface area contributed by atoms with Crippen molar-refractivity contribution in [2.45, 2.75) is 11.8 Å². The van der Waals surface area contributed by atoms with Crippen molar-refractivity contribution in [1.29, 1.82) is 0 Å². The lowest BCUT2D eigenvalue weighted by atomic mass is 10.5. The topological polar surface area (TPSA) is 66.8 Å². The SMILES string of the molecule is COCCN(CCO)S(=O)(=O)c1cc(Br)sc1C. The molecular weight excluding hydrogens is 342 g/mol. The van der Waals surface area contributed by atoms with Crippen molar-refractivity contribution in [1.82, 2.24) is 4.31 Å². The summed E-state index contributed by atoms with van der Waals surface area (Å²) in [6.45, 7) is 2.14. The minimum Gasteiger partial charge on any atom is -0.395 e. The molecule has 0 aliphatic carbocycles. The molecule has 1 N–H and O–H groups in total. The molecule has 0 aromatic carbocycles. The van der Waals surface area contributed by atoms with E-state index in [0.29, 0.717) is 6.61 Å². The van der Waals surface area contributed by atoms with Crippen molar-refractivity contribution in [3.05, 3.63) is 14.7 Å². The van der Waals surface area contributed by atoms with Gasteiger partial charge >= 0.3 is 0 Å². The number of methoxy groups -OCH3 is 1. The molecule has 0 saturated carbocycles. The van der Waals surface area contributed by atoms with E-state index in [0.717, 1.165) is 8.66 Å². The zero-order valence-electron chi connectivity index (χ0n) is 10.2. The van der Waals surface area contributed by atoms with E-state index in [9.17, 15) is 8.42 Å². The zero-order chi connectivity index (χ0) is 13.8. The van der Waals surface area contributed by atoms with E-state index in [4.69, 9.17) is 9.84 Å². The highest BCUT2D eigenvalue weighted by atomic mass is 79.9. The fourth-order valence-corrected chi connectivity index (χ4v) is 5.28. The van der Waals surface area contributed by atoms with Gasteiger partial charge in [-0.1, -0.05) is 0 Å². The van der Waals surface area contributed by atoms with Gasteiger partial charge in [0.15, 0.2) is 0 Å². The maximum Gasteiger partial charge on any atom is 0.244 e. The standard InChI is InChI=1S/C10H16BrNO4S2/c1-8-9(7-10(11)17-8)18(14,15)12(3-5-13)4-6-16-2/h7,13H,3-6H2,1-2H3. The normalized spacial score (nSPS) is 12.3. The number of aliphatic hydroxyl groups is 1. The summed E-state index contributed by atoms with van der Waals surface area (Å²) in [6.07, 6.45) is 0. The van der Waals surface area contributed by atoms with Gasteiger partial charge in [-0.15, -0.1) is 11.3 Å². The lowest BCUT2D eigenvalue weighted by Gasteiger charge is -2.20. The molecule has 0 unspecified atom stereocenters. The molecule has 0 aliphatic heterocycles. The van der Waals surface area contributed by atoms with Gasteiger partial charge in [0, 0.05) is 25.1 Å². The van der Waals surface area contributed by atoms with Gasteiger partial charge in [0.05, 0.1) is 21.9 Å². The van der Waals surface area contributed by atoms with Crippen LogP contribution in [-0.4, -0.2) is 51.2 Å². The first-order valence-electron chi connectivity index (χ1n) is 5.29. The van der Waals surface area contributed by atoms with E-state index in [2.05, 4.69) is 15.9 Å². The van der Waals surface area contributed by atoms with Crippen molar-refractivity contribution in [2.24, 2.45) is 0 Å². The summed E-state index contributed by atoms with van der Waals surface area (Å²) in [5, 5.41) is 8.97. The third-order valence-corrected chi connectivity index (χ3v) is 6.06. The summed E-state index contributed by atoms with van der Waals surface area (Å²) in [5.74, 6) is 0. The molecule has 1 aromatic rings. The van der Waals surface area contributed by atoms with Gasteiger partial charge in [-0.25, -0.2) is 8.42 Å². The summed E-state index contributed by atoms with van der Waals surface area (Å²) >= 11 is 4.65. The van der Waals surface area contributed by atoms with Crippen molar-refractivity contribution >= 4 is 37.3 Å². The van der Waals surface area contributed by atoms with E-state index in [1.54, 1.807) is 13.0 Å². The molecule has 0 atom stereocenters. The van der Waals surface area contributed by atoms with Crippen LogP contribution in [0.1, 0.15) is 4.88 Å². The number of hydrogen-bond acceptors (Lipinski definition) is 5. The fourth-order valence-electron chi connectivity index (χ4n) is 1.48. The second-order valence-electron chi connectivity index (χ2n) is 3.59. The lowest BCUT2D eigenvalue weighted by Crippen LogP contribution is -2.36. The van der Waals surface area contributed by atoms with Crippen LogP contribution in [0.3, 0.4) is 0 Å². The van der Waals surface area contributed by atoms with Crippen LogP contribution >= 0.6 is 27.3 Å². The third-order valence-electron chi connectivity index (χ3n) is 2.35. The Morgan fingerprint density at radius 3 is 2.61 bits per heavy atom. The lowest BCUT2D eigenvalue weighted by molar-refractivity contribution is 0.168. The largest absolute Gasteiger partial charge is 0.395 e. The molecule has 104 valence electrons. The molecule has 0 saturated heterocycles. The maximum absolute atomic E-state index is 12.4. The highest BCUT2D eigenvalue weighted by Crippen LogP contribution is 2.31. The number of ether oxygens (including phenoxy) is 1. The Balaban J connectivity index is 3.04. The Labute approximate surface area is 120 Å². The zero-order valence-corrected chi connectivity index (χ0v) is 13.4. The van der Waals surface area contributed by atoms with Crippen LogP contribution in [0.4, 0.5) is 0 Å². The second-order valence-corrected chi connectivity index (χ2v) is 8.13. The van der Waals surface area contributed by atoms with Crippen molar-refractivity contribution in [2.75, 3.05) is 33.4 Å². The van der Waals surface area contributed by atoms with E-state index in [-0.39, 0.29) is 24.6 Å². The van der Waals surface area contributed by atoms with Crippen LogP contribution < -0.4 is 0 Å². The average molecular weight is 358 g/mol. The average Bonchev–Trinajstić information content (AvgIpc) is 2.64. The monoisotopic (exact) mass is 357 g/mol. The molecule has 0 fully saturated rings. The van der Waals surface area contributed by atoms with Gasteiger partial charge in [0.1, 0.15) is 0 Å². The highest BCUT2D eigenvalue weighted by molar-refractivity contribution is 9.11. The van der Waals surface area contributed by atoms with Crippen LogP contribution in [0.25, 0.3) is 0 Å². The quantitative estimate of drug-likeness (QED) is 0.801. The highest BCUT2D eigenvalue weighted by Gasteiger charge is 2.26. The minimum atomic E-state index is -3.57. The molecule has 1 aromatic heterocycles. The van der Waals surface area contributed by atoms with Crippen LogP contribution in [0, 0.1) is 6.92 Å². The summed E-state index contributed by atoms with van der Waals surface area (Å²) in [5.41, 5.74) is 0. The number of sulfonamides is 1. The predicted molar refractivity (Wildman–Crippen MR) is 74.5 cm³/mol. The predicted octanol–water partition coefficient (Wildman–Crippen LogP) is 1.45. The molecule has 1 heterocycles. The third kappa shape index (κ3) is 3.75. The van der Waals surface area contributed by atoms with E-state index < -0.39 is 10.0 Å². The summed E-state index contributed by atoms with van der Waals surface area (Å²) in [4.78, 5) is 1.01. The van der Waals surface area contributed by atoms with E-state index in [1.165, 1.54) is 22.8 Å². The van der Waals surface area contributed by atoms with Crippen LogP contribution in [-0.2, 0) is 14.8 Å². The molecule has 0 radical (unpaired) electrons. The number of thiophene rings is 1. The first kappa shape index (κ1) is 16.1. The Kier molecular flexibility index (Phi) is 6.22. The number of hydrogen-bond donors (Lipinski definition) is 1. The van der Waals surface area contributed by atoms with Gasteiger partial charge in [-0.2, -0.15) is 4.31 Å². The number of aryl methyl sites for hydroxylation is 1. The molecule has 1 rings (SSSR count). The maximum atomic E-state index is 12.4. The molecular formula is C10H16BrNO4S2. The van der Waals surface area contributed by atoms with Crippen molar-refractivity contribution in [3.8, 4) is 0 Å². The van der Waals surface area contributed by atoms with Gasteiger partial charge in [0.2, 0.25) is 10.0 Å². The number of aliphatic hydroxyl groups excluding tert-OH is 1. The Bertz CT molecular complexity index is 486. The van der Waals surface area contributed by atoms with Gasteiger partial charge in [-0.3, -0.25) is 0 Å². The smallest absolute Gasteiger partial charge is 0.244 e. The Morgan fingerprint density at radius 1 is 1.50 bits per heavy atom. The van der Waals surface area contributed by atoms with Gasteiger partial charge in [0.25, 0.3) is 0 Å². The fraction of sp³-hybridized carbons (Fsp3) is 0.600. The summed E-state index contributed by atoms with van der Waals surface area (Å²) in [6, 6.07) is 1.59.